The summed E-state index contributed by atoms with van der Waals surface area (Å²) in [4.78, 5) is 0. The average molecular weight is 414 g/mol. The summed E-state index contributed by atoms with van der Waals surface area (Å²) in [7, 11) is 0. The molecule has 1 saturated heterocycles. The van der Waals surface area contributed by atoms with Gasteiger partial charge in [-0.05, 0) is 61.1 Å². The van der Waals surface area contributed by atoms with E-state index < -0.39 is 37.1 Å². The van der Waals surface area contributed by atoms with Crippen molar-refractivity contribution < 1.29 is 29.9 Å². The van der Waals surface area contributed by atoms with Crippen molar-refractivity contribution in [1.82, 2.24) is 0 Å². The Bertz CT molecular complexity index is 874. The van der Waals surface area contributed by atoms with Gasteiger partial charge in [-0.25, -0.2) is 0 Å². The highest BCUT2D eigenvalue weighted by molar-refractivity contribution is 5.49. The highest BCUT2D eigenvalue weighted by Gasteiger charge is 2.48. The van der Waals surface area contributed by atoms with E-state index >= 15 is 0 Å². The maximum atomic E-state index is 10.6. The summed E-state index contributed by atoms with van der Waals surface area (Å²) < 4.78 is 11.4. The van der Waals surface area contributed by atoms with E-state index in [1.165, 1.54) is 5.56 Å². The first-order valence-corrected chi connectivity index (χ1v) is 10.6. The molecule has 2 fully saturated rings. The molecule has 0 unspecified atom stereocenters. The molecule has 0 radical (unpaired) electrons. The zero-order valence-electron chi connectivity index (χ0n) is 17.4. The van der Waals surface area contributed by atoms with Crippen LogP contribution in [0.2, 0.25) is 0 Å². The minimum Gasteiger partial charge on any atom is -0.494 e. The molecule has 6 heteroatoms. The van der Waals surface area contributed by atoms with Gasteiger partial charge in [-0.15, -0.1) is 0 Å². The van der Waals surface area contributed by atoms with Crippen LogP contribution in [0.3, 0.4) is 0 Å². The standard InChI is InChI=1S/C24H30O6/c1-3-29-17-8-6-15(7-9-17)24(10-11-24)16-5-4-14(2)18(12-16)23-22(28)21(27)20(26)19(13-25)30-23/h4-9,12,19-23,25-28H,3,10-11,13H2,1-2H3/t19-,20-,21+,22-,23+/m1/s1. The second kappa shape index (κ2) is 8.29. The molecule has 1 aliphatic carbocycles. The van der Waals surface area contributed by atoms with Gasteiger partial charge in [0.2, 0.25) is 0 Å². The molecule has 0 bridgehead atoms. The van der Waals surface area contributed by atoms with Gasteiger partial charge in [0.1, 0.15) is 36.3 Å². The number of aliphatic hydroxyl groups excluding tert-OH is 4. The van der Waals surface area contributed by atoms with Gasteiger partial charge in [-0.1, -0.05) is 30.3 Å². The van der Waals surface area contributed by atoms with E-state index in [4.69, 9.17) is 9.47 Å². The fourth-order valence-electron chi connectivity index (χ4n) is 4.51. The Morgan fingerprint density at radius 3 is 2.23 bits per heavy atom. The van der Waals surface area contributed by atoms with Crippen molar-refractivity contribution in [2.24, 2.45) is 0 Å². The van der Waals surface area contributed by atoms with Crippen molar-refractivity contribution >= 4 is 0 Å². The average Bonchev–Trinajstić information content (AvgIpc) is 3.56. The summed E-state index contributed by atoms with van der Waals surface area (Å²) in [6.07, 6.45) is -3.71. The Hall–Kier alpha value is -1.96. The molecule has 0 amide bonds. The molecular weight excluding hydrogens is 384 g/mol. The van der Waals surface area contributed by atoms with Gasteiger partial charge in [0.15, 0.2) is 0 Å². The van der Waals surface area contributed by atoms with Crippen LogP contribution in [0.1, 0.15) is 48.1 Å². The van der Waals surface area contributed by atoms with Crippen LogP contribution in [0, 0.1) is 6.92 Å². The van der Waals surface area contributed by atoms with Crippen LogP contribution in [0.5, 0.6) is 5.75 Å². The van der Waals surface area contributed by atoms with E-state index in [0.717, 1.165) is 35.3 Å². The lowest BCUT2D eigenvalue weighted by Gasteiger charge is -2.41. The fraction of sp³-hybridized carbons (Fsp3) is 0.500. The van der Waals surface area contributed by atoms with Crippen LogP contribution in [0.25, 0.3) is 0 Å². The molecule has 1 aliphatic heterocycles. The molecule has 2 aliphatic rings. The molecule has 2 aromatic rings. The van der Waals surface area contributed by atoms with Crippen molar-refractivity contribution in [3.63, 3.8) is 0 Å². The van der Waals surface area contributed by atoms with Gasteiger partial charge < -0.3 is 29.9 Å². The normalized spacial score (nSPS) is 30.1. The second-order valence-corrected chi connectivity index (χ2v) is 8.36. The van der Waals surface area contributed by atoms with Crippen LogP contribution in [-0.2, 0) is 10.2 Å². The lowest BCUT2D eigenvalue weighted by atomic mass is 9.83. The van der Waals surface area contributed by atoms with Crippen molar-refractivity contribution in [1.29, 1.82) is 0 Å². The predicted molar refractivity (Wildman–Crippen MR) is 112 cm³/mol. The molecule has 162 valence electrons. The lowest BCUT2D eigenvalue weighted by Crippen LogP contribution is -2.55. The Morgan fingerprint density at radius 1 is 0.967 bits per heavy atom. The second-order valence-electron chi connectivity index (χ2n) is 8.36. The summed E-state index contributed by atoms with van der Waals surface area (Å²) >= 11 is 0. The number of benzene rings is 2. The maximum absolute atomic E-state index is 10.6. The summed E-state index contributed by atoms with van der Waals surface area (Å²) in [5.74, 6) is 0.850. The predicted octanol–water partition coefficient (Wildman–Crippen LogP) is 1.99. The van der Waals surface area contributed by atoms with Gasteiger partial charge in [0, 0.05) is 5.41 Å². The van der Waals surface area contributed by atoms with Gasteiger partial charge >= 0.3 is 0 Å². The third-order valence-corrected chi connectivity index (χ3v) is 6.50. The summed E-state index contributed by atoms with van der Waals surface area (Å²) in [5.41, 5.74) is 3.95. The van der Waals surface area contributed by atoms with Crippen molar-refractivity contribution in [3.05, 3.63) is 64.7 Å². The smallest absolute Gasteiger partial charge is 0.119 e. The van der Waals surface area contributed by atoms with Crippen molar-refractivity contribution in [3.8, 4) is 5.75 Å². The molecular formula is C24H30O6. The van der Waals surface area contributed by atoms with E-state index in [1.807, 2.05) is 38.1 Å². The Kier molecular flexibility index (Phi) is 5.88. The number of rotatable bonds is 6. The van der Waals surface area contributed by atoms with Gasteiger partial charge in [-0.3, -0.25) is 0 Å². The quantitative estimate of drug-likeness (QED) is 0.577. The maximum Gasteiger partial charge on any atom is 0.119 e. The third-order valence-electron chi connectivity index (χ3n) is 6.50. The molecule has 4 N–H and O–H groups in total. The highest BCUT2D eigenvalue weighted by Crippen LogP contribution is 2.54. The number of hydrogen-bond donors (Lipinski definition) is 4. The van der Waals surface area contributed by atoms with E-state index in [0.29, 0.717) is 6.61 Å². The van der Waals surface area contributed by atoms with Crippen LogP contribution in [0.4, 0.5) is 0 Å². The monoisotopic (exact) mass is 414 g/mol. The van der Waals surface area contributed by atoms with Crippen LogP contribution >= 0.6 is 0 Å². The highest BCUT2D eigenvalue weighted by atomic mass is 16.5. The summed E-state index contributed by atoms with van der Waals surface area (Å²) in [6, 6.07) is 14.3. The number of ether oxygens (including phenoxy) is 2. The third kappa shape index (κ3) is 3.63. The molecule has 0 aromatic heterocycles. The van der Waals surface area contributed by atoms with Crippen LogP contribution in [-0.4, -0.2) is 58.1 Å². The first-order valence-electron chi connectivity index (χ1n) is 10.6. The van der Waals surface area contributed by atoms with Gasteiger partial charge in [0.25, 0.3) is 0 Å². The molecule has 6 nitrogen and oxygen atoms in total. The zero-order valence-corrected chi connectivity index (χ0v) is 17.4. The van der Waals surface area contributed by atoms with E-state index in [-0.39, 0.29) is 5.41 Å². The molecule has 5 atom stereocenters. The molecule has 4 rings (SSSR count). The number of aryl methyl sites for hydroxylation is 1. The number of hydrogen-bond acceptors (Lipinski definition) is 6. The SMILES string of the molecule is CCOc1ccc(C2(c3ccc(C)c([C@@H]4O[C@H](CO)[C@@H](O)[C@H](O)[C@H]4O)c3)CC2)cc1. The molecule has 2 aromatic carbocycles. The van der Waals surface area contributed by atoms with E-state index in [2.05, 4.69) is 18.2 Å². The van der Waals surface area contributed by atoms with Crippen LogP contribution < -0.4 is 4.74 Å². The Morgan fingerprint density at radius 2 is 1.63 bits per heavy atom. The molecule has 1 heterocycles. The number of aliphatic hydroxyl groups is 4. The van der Waals surface area contributed by atoms with E-state index in [9.17, 15) is 20.4 Å². The van der Waals surface area contributed by atoms with Crippen molar-refractivity contribution in [2.75, 3.05) is 13.2 Å². The minimum absolute atomic E-state index is 0.0820. The largest absolute Gasteiger partial charge is 0.494 e. The Balaban J connectivity index is 1.66. The zero-order chi connectivity index (χ0) is 21.5. The molecule has 0 spiro atoms. The lowest BCUT2D eigenvalue weighted by molar-refractivity contribution is -0.231. The first-order chi connectivity index (χ1) is 14.4. The first kappa shape index (κ1) is 21.3. The summed E-state index contributed by atoms with van der Waals surface area (Å²) in [5, 5.41) is 40.4. The van der Waals surface area contributed by atoms with E-state index in [1.54, 1.807) is 0 Å². The topological polar surface area (TPSA) is 99.4 Å². The Labute approximate surface area is 176 Å². The molecule has 30 heavy (non-hydrogen) atoms. The summed E-state index contributed by atoms with van der Waals surface area (Å²) in [6.45, 7) is 4.08. The van der Waals surface area contributed by atoms with Gasteiger partial charge in [-0.2, -0.15) is 0 Å². The minimum atomic E-state index is -1.38. The van der Waals surface area contributed by atoms with Crippen LogP contribution in [0.15, 0.2) is 42.5 Å². The fourth-order valence-corrected chi connectivity index (χ4v) is 4.51. The van der Waals surface area contributed by atoms with Crippen molar-refractivity contribution in [2.45, 2.75) is 62.6 Å². The molecule has 1 saturated carbocycles. The van der Waals surface area contributed by atoms with Gasteiger partial charge in [0.05, 0.1) is 13.2 Å².